The summed E-state index contributed by atoms with van der Waals surface area (Å²) in [5.74, 6) is 0.685. The molecule has 19 heavy (non-hydrogen) atoms. The summed E-state index contributed by atoms with van der Waals surface area (Å²) in [6.07, 6.45) is 5.68. The Hall–Kier alpha value is -2.56. The molecule has 0 saturated heterocycles. The highest BCUT2D eigenvalue weighted by atomic mass is 16.7. The highest BCUT2D eigenvalue weighted by Gasteiger charge is 2.05. The number of nitrogens with zero attached hydrogens (tertiary/aromatic N) is 3. The minimum Gasteiger partial charge on any atom is -0.448 e. The first-order valence-electron chi connectivity index (χ1n) is 6.00. The summed E-state index contributed by atoms with van der Waals surface area (Å²) in [6.45, 7) is 0.333. The van der Waals surface area contributed by atoms with Crippen molar-refractivity contribution in [3.63, 3.8) is 0 Å². The van der Waals surface area contributed by atoms with Crippen LogP contribution < -0.4 is 4.84 Å². The molecule has 5 heteroatoms. The average molecular weight is 255 g/mol. The Morgan fingerprint density at radius 2 is 2.05 bits per heavy atom. The third-order valence-electron chi connectivity index (χ3n) is 2.62. The lowest BCUT2D eigenvalue weighted by Gasteiger charge is -2.00. The van der Waals surface area contributed by atoms with Crippen molar-refractivity contribution < 1.29 is 9.25 Å². The smallest absolute Gasteiger partial charge is 0.198 e. The van der Waals surface area contributed by atoms with Gasteiger partial charge in [-0.25, -0.2) is 4.98 Å². The molecule has 0 aliphatic carbocycles. The van der Waals surface area contributed by atoms with Gasteiger partial charge in [0, 0.05) is 6.42 Å². The van der Waals surface area contributed by atoms with Gasteiger partial charge in [0.1, 0.15) is 12.0 Å². The molecule has 0 spiro atoms. The van der Waals surface area contributed by atoms with Gasteiger partial charge in [-0.2, -0.15) is 0 Å². The van der Waals surface area contributed by atoms with Crippen molar-refractivity contribution in [3.8, 4) is 0 Å². The molecule has 0 saturated carbocycles. The third kappa shape index (κ3) is 3.01. The van der Waals surface area contributed by atoms with Crippen molar-refractivity contribution in [1.82, 2.24) is 14.9 Å². The van der Waals surface area contributed by atoms with Gasteiger partial charge < -0.3 is 9.25 Å². The molecule has 3 aromatic rings. The van der Waals surface area contributed by atoms with Crippen LogP contribution >= 0.6 is 0 Å². The standard InChI is InChI=1S/C14H13N3O2/c1-2-5-12(6-3-1)9-14-16-13(10-18-14)11-19-17-8-4-7-15-17/h1-8,10H,9,11H2. The Morgan fingerprint density at radius 3 is 2.84 bits per heavy atom. The Balaban J connectivity index is 1.60. The lowest BCUT2D eigenvalue weighted by atomic mass is 10.1. The maximum absolute atomic E-state index is 5.42. The van der Waals surface area contributed by atoms with Crippen LogP contribution in [0, 0.1) is 0 Å². The molecule has 3 rings (SSSR count). The van der Waals surface area contributed by atoms with Crippen molar-refractivity contribution in [3.05, 3.63) is 72.2 Å². The zero-order valence-corrected chi connectivity index (χ0v) is 10.3. The summed E-state index contributed by atoms with van der Waals surface area (Å²) in [5, 5.41) is 3.94. The van der Waals surface area contributed by atoms with E-state index in [4.69, 9.17) is 9.25 Å². The molecule has 2 heterocycles. The van der Waals surface area contributed by atoms with Crippen molar-refractivity contribution in [2.45, 2.75) is 13.0 Å². The Morgan fingerprint density at radius 1 is 1.16 bits per heavy atom. The van der Waals surface area contributed by atoms with E-state index in [0.29, 0.717) is 18.9 Å². The molecule has 96 valence electrons. The zero-order valence-electron chi connectivity index (χ0n) is 10.3. The Bertz CT molecular complexity index is 617. The summed E-state index contributed by atoms with van der Waals surface area (Å²) in [5.41, 5.74) is 1.92. The Labute approximate surface area is 110 Å². The van der Waals surface area contributed by atoms with Crippen molar-refractivity contribution >= 4 is 0 Å². The second-order valence-electron chi connectivity index (χ2n) is 4.08. The van der Waals surface area contributed by atoms with Gasteiger partial charge in [0.05, 0.1) is 12.4 Å². The second-order valence-corrected chi connectivity index (χ2v) is 4.08. The summed E-state index contributed by atoms with van der Waals surface area (Å²) in [4.78, 5) is 11.1. The fourth-order valence-corrected chi connectivity index (χ4v) is 1.73. The van der Waals surface area contributed by atoms with Gasteiger partial charge in [-0.1, -0.05) is 30.3 Å². The first-order valence-corrected chi connectivity index (χ1v) is 6.00. The summed E-state index contributed by atoms with van der Waals surface area (Å²) < 4.78 is 5.42. The number of aromatic nitrogens is 3. The normalized spacial score (nSPS) is 10.5. The topological polar surface area (TPSA) is 53.1 Å². The van der Waals surface area contributed by atoms with Crippen LogP contribution in [0.25, 0.3) is 0 Å². The van der Waals surface area contributed by atoms with Crippen molar-refractivity contribution in [1.29, 1.82) is 0 Å². The molecule has 5 nitrogen and oxygen atoms in total. The first-order chi connectivity index (χ1) is 9.40. The maximum atomic E-state index is 5.42. The van der Waals surface area contributed by atoms with Gasteiger partial charge in [-0.3, -0.25) is 0 Å². The summed E-state index contributed by atoms with van der Waals surface area (Å²) in [6, 6.07) is 11.9. The number of hydrogen-bond acceptors (Lipinski definition) is 4. The van der Waals surface area contributed by atoms with Crippen LogP contribution in [0.3, 0.4) is 0 Å². The predicted octanol–water partition coefficient (Wildman–Crippen LogP) is 2.09. The van der Waals surface area contributed by atoms with Gasteiger partial charge in [0.2, 0.25) is 0 Å². The van der Waals surface area contributed by atoms with E-state index < -0.39 is 0 Å². The average Bonchev–Trinajstić information content (AvgIpc) is 3.09. The quantitative estimate of drug-likeness (QED) is 0.700. The van der Waals surface area contributed by atoms with Crippen LogP contribution in [0.4, 0.5) is 0 Å². The molecule has 0 aliphatic heterocycles. The van der Waals surface area contributed by atoms with Crippen LogP contribution in [0.2, 0.25) is 0 Å². The lowest BCUT2D eigenvalue weighted by molar-refractivity contribution is 0.0680. The maximum Gasteiger partial charge on any atom is 0.198 e. The van der Waals surface area contributed by atoms with E-state index in [1.807, 2.05) is 30.3 Å². The van der Waals surface area contributed by atoms with Crippen molar-refractivity contribution in [2.24, 2.45) is 0 Å². The van der Waals surface area contributed by atoms with Crippen LogP contribution in [-0.4, -0.2) is 14.9 Å². The number of rotatable bonds is 5. The van der Waals surface area contributed by atoms with Crippen molar-refractivity contribution in [2.75, 3.05) is 0 Å². The van der Waals surface area contributed by atoms with Crippen LogP contribution in [0.1, 0.15) is 17.1 Å². The molecular formula is C14H13N3O2. The predicted molar refractivity (Wildman–Crippen MR) is 68.3 cm³/mol. The van der Waals surface area contributed by atoms with E-state index in [-0.39, 0.29) is 0 Å². The monoisotopic (exact) mass is 255 g/mol. The van der Waals surface area contributed by atoms with E-state index in [0.717, 1.165) is 5.69 Å². The minimum absolute atomic E-state index is 0.333. The van der Waals surface area contributed by atoms with E-state index in [2.05, 4.69) is 10.1 Å². The molecule has 0 atom stereocenters. The summed E-state index contributed by atoms with van der Waals surface area (Å²) in [7, 11) is 0. The van der Waals surface area contributed by atoms with Gasteiger partial charge in [-0.15, -0.1) is 9.94 Å². The Kier molecular flexibility index (Phi) is 3.27. The zero-order chi connectivity index (χ0) is 12.9. The molecular weight excluding hydrogens is 242 g/mol. The SMILES string of the molecule is c1ccc(Cc2nc(COn3cccn3)co2)cc1. The first kappa shape index (κ1) is 11.5. The van der Waals surface area contributed by atoms with Crippen LogP contribution in [-0.2, 0) is 13.0 Å². The number of benzene rings is 1. The number of oxazole rings is 1. The highest BCUT2D eigenvalue weighted by molar-refractivity contribution is 5.18. The molecule has 0 N–H and O–H groups in total. The van der Waals surface area contributed by atoms with E-state index in [1.54, 1.807) is 24.7 Å². The van der Waals surface area contributed by atoms with E-state index in [9.17, 15) is 0 Å². The van der Waals surface area contributed by atoms with Gasteiger partial charge in [0.15, 0.2) is 12.5 Å². The molecule has 0 bridgehead atoms. The fourth-order valence-electron chi connectivity index (χ4n) is 1.73. The molecule has 0 amide bonds. The van der Waals surface area contributed by atoms with E-state index in [1.165, 1.54) is 10.4 Å². The van der Waals surface area contributed by atoms with Gasteiger partial charge in [0.25, 0.3) is 0 Å². The largest absolute Gasteiger partial charge is 0.448 e. The molecule has 0 unspecified atom stereocenters. The minimum atomic E-state index is 0.333. The summed E-state index contributed by atoms with van der Waals surface area (Å²) >= 11 is 0. The fraction of sp³-hybridized carbons (Fsp3) is 0.143. The molecule has 2 aromatic heterocycles. The lowest BCUT2D eigenvalue weighted by Crippen LogP contribution is -2.11. The number of hydrogen-bond donors (Lipinski definition) is 0. The molecule has 0 aliphatic rings. The molecule has 1 aromatic carbocycles. The van der Waals surface area contributed by atoms with Gasteiger partial charge >= 0.3 is 0 Å². The third-order valence-corrected chi connectivity index (χ3v) is 2.62. The second kappa shape index (κ2) is 5.39. The van der Waals surface area contributed by atoms with E-state index >= 15 is 0 Å². The molecule has 0 fully saturated rings. The van der Waals surface area contributed by atoms with Crippen LogP contribution in [0.15, 0.2) is 59.5 Å². The molecule has 0 radical (unpaired) electrons. The highest BCUT2D eigenvalue weighted by Crippen LogP contribution is 2.09. The van der Waals surface area contributed by atoms with Crippen LogP contribution in [0.5, 0.6) is 0 Å². The van der Waals surface area contributed by atoms with Gasteiger partial charge in [-0.05, 0) is 11.6 Å².